The highest BCUT2D eigenvalue weighted by Gasteiger charge is 2.18. The Balaban J connectivity index is 4.06. The van der Waals surface area contributed by atoms with Crippen LogP contribution in [0.15, 0.2) is 0 Å². The summed E-state index contributed by atoms with van der Waals surface area (Å²) in [6.45, 7) is 5.19. The Labute approximate surface area is 200 Å². The van der Waals surface area contributed by atoms with Crippen LogP contribution in [0.2, 0.25) is 0 Å². The molecule has 0 aliphatic carbocycles. The summed E-state index contributed by atoms with van der Waals surface area (Å²) in [5, 5.41) is 20.4. The van der Waals surface area contributed by atoms with Crippen molar-refractivity contribution in [1.29, 1.82) is 0 Å². The van der Waals surface area contributed by atoms with Crippen molar-refractivity contribution in [3.05, 3.63) is 0 Å². The Morgan fingerprint density at radius 2 is 1.16 bits per heavy atom. The van der Waals surface area contributed by atoms with Crippen LogP contribution < -0.4 is 0 Å². The molecule has 0 aromatic carbocycles. The Morgan fingerprint density at radius 1 is 0.750 bits per heavy atom. The van der Waals surface area contributed by atoms with E-state index in [1.165, 1.54) is 12.8 Å². The molecular weight excluding hydrogens is 430 g/mol. The molecule has 0 heterocycles. The molecule has 0 fully saturated rings. The zero-order chi connectivity index (χ0) is 24.0. The molecule has 8 heteroatoms. The zero-order valence-corrected chi connectivity index (χ0v) is 21.2. The highest BCUT2D eigenvalue weighted by molar-refractivity contribution is 7.80. The quantitative estimate of drug-likeness (QED) is 0.124. The second-order valence-corrected chi connectivity index (χ2v) is 8.93. The lowest BCUT2D eigenvalue weighted by Crippen LogP contribution is -2.42. The van der Waals surface area contributed by atoms with Gasteiger partial charge in [0.25, 0.3) is 0 Å². The fourth-order valence-corrected chi connectivity index (χ4v) is 3.65. The average molecular weight is 478 g/mol. The van der Waals surface area contributed by atoms with Crippen LogP contribution in [0.1, 0.15) is 90.9 Å². The third kappa shape index (κ3) is 19.8. The molecule has 0 aliphatic heterocycles. The average Bonchev–Trinajstić information content (AvgIpc) is 2.76. The SMILES string of the molecule is CCCCCCCC(=O)OCC(O)CN(CCS)CC(O)COC(=O)CCCCCCC. The van der Waals surface area contributed by atoms with E-state index < -0.39 is 12.2 Å². The van der Waals surface area contributed by atoms with Crippen molar-refractivity contribution in [3.63, 3.8) is 0 Å². The number of thiol groups is 1. The van der Waals surface area contributed by atoms with Gasteiger partial charge < -0.3 is 19.7 Å². The van der Waals surface area contributed by atoms with E-state index in [1.807, 2.05) is 4.90 Å². The number of rotatable bonds is 22. The molecule has 0 spiro atoms. The minimum Gasteiger partial charge on any atom is -0.463 e. The third-order valence-electron chi connectivity index (χ3n) is 5.20. The predicted molar refractivity (Wildman–Crippen MR) is 131 cm³/mol. The van der Waals surface area contributed by atoms with E-state index in [9.17, 15) is 19.8 Å². The topological polar surface area (TPSA) is 96.3 Å². The summed E-state index contributed by atoms with van der Waals surface area (Å²) in [6, 6.07) is 0. The maximum Gasteiger partial charge on any atom is 0.305 e. The Hall–Kier alpha value is -0.830. The van der Waals surface area contributed by atoms with Crippen molar-refractivity contribution < 1.29 is 29.3 Å². The molecule has 0 aliphatic rings. The first kappa shape index (κ1) is 31.2. The Kier molecular flexibility index (Phi) is 21.4. The monoisotopic (exact) mass is 477 g/mol. The number of carbonyl (C=O) groups is 2. The van der Waals surface area contributed by atoms with E-state index in [4.69, 9.17) is 9.47 Å². The van der Waals surface area contributed by atoms with Crippen LogP contribution >= 0.6 is 12.6 Å². The number of aliphatic hydroxyl groups is 2. The fourth-order valence-electron chi connectivity index (χ4n) is 3.37. The molecule has 2 N–H and O–H groups in total. The largest absolute Gasteiger partial charge is 0.463 e. The first-order valence-electron chi connectivity index (χ1n) is 12.4. The van der Waals surface area contributed by atoms with Gasteiger partial charge in [-0.1, -0.05) is 65.2 Å². The van der Waals surface area contributed by atoms with E-state index in [2.05, 4.69) is 26.5 Å². The number of carbonyl (C=O) groups excluding carboxylic acids is 2. The van der Waals surface area contributed by atoms with Crippen molar-refractivity contribution in [2.45, 2.75) is 103 Å². The van der Waals surface area contributed by atoms with Crippen LogP contribution in [-0.4, -0.2) is 77.9 Å². The van der Waals surface area contributed by atoms with Crippen LogP contribution in [-0.2, 0) is 19.1 Å². The van der Waals surface area contributed by atoms with Gasteiger partial charge in [0.2, 0.25) is 0 Å². The first-order chi connectivity index (χ1) is 15.4. The van der Waals surface area contributed by atoms with E-state index in [0.29, 0.717) is 25.1 Å². The Morgan fingerprint density at radius 3 is 1.53 bits per heavy atom. The number of hydrogen-bond donors (Lipinski definition) is 3. The van der Waals surface area contributed by atoms with Gasteiger partial charge in [-0.2, -0.15) is 12.6 Å². The van der Waals surface area contributed by atoms with Crippen molar-refractivity contribution in [3.8, 4) is 0 Å². The van der Waals surface area contributed by atoms with Gasteiger partial charge in [-0.25, -0.2) is 0 Å². The zero-order valence-electron chi connectivity index (χ0n) is 20.3. The van der Waals surface area contributed by atoms with E-state index in [0.717, 1.165) is 51.4 Å². The summed E-state index contributed by atoms with van der Waals surface area (Å²) in [5.41, 5.74) is 0. The first-order valence-corrected chi connectivity index (χ1v) is 13.1. The van der Waals surface area contributed by atoms with Gasteiger partial charge in [0, 0.05) is 38.2 Å². The molecule has 2 unspecified atom stereocenters. The molecule has 32 heavy (non-hydrogen) atoms. The molecule has 0 aromatic rings. The summed E-state index contributed by atoms with van der Waals surface area (Å²) < 4.78 is 10.3. The third-order valence-corrected chi connectivity index (χ3v) is 5.40. The molecule has 190 valence electrons. The van der Waals surface area contributed by atoms with Crippen LogP contribution in [0.4, 0.5) is 0 Å². The van der Waals surface area contributed by atoms with Gasteiger partial charge in [0.15, 0.2) is 0 Å². The molecule has 7 nitrogen and oxygen atoms in total. The molecule has 0 saturated carbocycles. The fraction of sp³-hybridized carbons (Fsp3) is 0.917. The lowest BCUT2D eigenvalue weighted by atomic mass is 10.1. The summed E-state index contributed by atoms with van der Waals surface area (Å²) in [5.74, 6) is -0.0278. The smallest absolute Gasteiger partial charge is 0.305 e. The molecule has 0 saturated heterocycles. The van der Waals surface area contributed by atoms with Gasteiger partial charge in [-0.05, 0) is 12.8 Å². The van der Waals surface area contributed by atoms with Gasteiger partial charge >= 0.3 is 11.9 Å². The number of ether oxygens (including phenoxy) is 2. The number of hydrogen-bond acceptors (Lipinski definition) is 8. The van der Waals surface area contributed by atoms with E-state index in [-0.39, 0.29) is 38.2 Å². The molecule has 0 bridgehead atoms. The summed E-state index contributed by atoms with van der Waals surface area (Å²) in [7, 11) is 0. The molecule has 0 rings (SSSR count). The minimum atomic E-state index is -0.850. The molecule has 0 amide bonds. The maximum atomic E-state index is 11.8. The van der Waals surface area contributed by atoms with Gasteiger partial charge in [-0.3, -0.25) is 14.5 Å². The van der Waals surface area contributed by atoms with Gasteiger partial charge in [-0.15, -0.1) is 0 Å². The van der Waals surface area contributed by atoms with Gasteiger partial charge in [0.05, 0.1) is 0 Å². The highest BCUT2D eigenvalue weighted by atomic mass is 32.1. The van der Waals surface area contributed by atoms with Crippen molar-refractivity contribution in [2.75, 3.05) is 38.6 Å². The molecule has 0 aromatic heterocycles. The second-order valence-electron chi connectivity index (χ2n) is 8.49. The van der Waals surface area contributed by atoms with Crippen molar-refractivity contribution in [2.24, 2.45) is 0 Å². The van der Waals surface area contributed by atoms with E-state index >= 15 is 0 Å². The van der Waals surface area contributed by atoms with Crippen molar-refractivity contribution in [1.82, 2.24) is 4.90 Å². The van der Waals surface area contributed by atoms with Crippen LogP contribution in [0.5, 0.6) is 0 Å². The lowest BCUT2D eigenvalue weighted by Gasteiger charge is -2.26. The van der Waals surface area contributed by atoms with Crippen LogP contribution in [0.3, 0.4) is 0 Å². The number of aliphatic hydroxyl groups excluding tert-OH is 2. The highest BCUT2D eigenvalue weighted by Crippen LogP contribution is 2.07. The van der Waals surface area contributed by atoms with Gasteiger partial charge in [0.1, 0.15) is 25.4 Å². The van der Waals surface area contributed by atoms with E-state index in [1.54, 1.807) is 0 Å². The lowest BCUT2D eigenvalue weighted by molar-refractivity contribution is -0.147. The molecule has 0 radical (unpaired) electrons. The maximum absolute atomic E-state index is 11.8. The standard InChI is InChI=1S/C24H47NO6S/c1-3-5-7-9-11-13-23(28)30-19-21(26)17-25(15-16-32)18-22(27)20-31-24(29)14-12-10-8-6-4-2/h21-22,26-27,32H,3-20H2,1-2H3. The number of nitrogens with zero attached hydrogens (tertiary/aromatic N) is 1. The Bertz CT molecular complexity index is 428. The number of esters is 2. The normalized spacial score (nSPS) is 13.2. The molecular formula is C24H47NO6S. The number of unbranched alkanes of at least 4 members (excludes halogenated alkanes) is 8. The molecule has 2 atom stereocenters. The summed E-state index contributed by atoms with van der Waals surface area (Å²) in [4.78, 5) is 25.4. The van der Waals surface area contributed by atoms with Crippen LogP contribution in [0, 0.1) is 0 Å². The summed E-state index contributed by atoms with van der Waals surface area (Å²) in [6.07, 6.45) is 9.64. The minimum absolute atomic E-state index is 0.0695. The summed E-state index contributed by atoms with van der Waals surface area (Å²) >= 11 is 4.22. The predicted octanol–water partition coefficient (Wildman–Crippen LogP) is 3.75. The second kappa shape index (κ2) is 22.0. The van der Waals surface area contributed by atoms with Crippen molar-refractivity contribution >= 4 is 24.6 Å². The van der Waals surface area contributed by atoms with Crippen LogP contribution in [0.25, 0.3) is 0 Å².